The van der Waals surface area contributed by atoms with Gasteiger partial charge in [0.05, 0.1) is 17.7 Å². The number of carbonyl (C=O) groups excluding carboxylic acids is 1. The predicted octanol–water partition coefficient (Wildman–Crippen LogP) is 1.52. The molecule has 2 heterocycles. The molecule has 0 radical (unpaired) electrons. The second-order valence-corrected chi connectivity index (χ2v) is 6.32. The number of nitrogens with zero attached hydrogens (tertiary/aromatic N) is 3. The summed E-state index contributed by atoms with van der Waals surface area (Å²) in [4.78, 5) is 23.7. The van der Waals surface area contributed by atoms with Gasteiger partial charge in [-0.3, -0.25) is 4.79 Å². The summed E-state index contributed by atoms with van der Waals surface area (Å²) in [7, 11) is 0. The molecule has 22 heavy (non-hydrogen) atoms. The van der Waals surface area contributed by atoms with Gasteiger partial charge in [-0.15, -0.1) is 11.3 Å². The van der Waals surface area contributed by atoms with Crippen LogP contribution in [-0.4, -0.2) is 47.4 Å². The van der Waals surface area contributed by atoms with Crippen molar-refractivity contribution in [3.63, 3.8) is 0 Å². The first-order valence-electron chi connectivity index (χ1n) is 7.85. The summed E-state index contributed by atoms with van der Waals surface area (Å²) in [6.07, 6.45) is 1.54. The average Bonchev–Trinajstić information content (AvgIpc) is 3.13. The smallest absolute Gasteiger partial charge is 0.222 e. The van der Waals surface area contributed by atoms with Crippen LogP contribution in [0.2, 0.25) is 0 Å². The molecule has 1 aromatic rings. The zero-order valence-corrected chi connectivity index (χ0v) is 14.4. The molecule has 0 aromatic carbocycles. The van der Waals surface area contributed by atoms with Gasteiger partial charge in [-0.25, -0.2) is 9.98 Å². The third-order valence-electron chi connectivity index (χ3n) is 3.75. The monoisotopic (exact) mass is 323 g/mol. The molecule has 1 aromatic heterocycles. The van der Waals surface area contributed by atoms with Crippen LogP contribution >= 0.6 is 11.3 Å². The fraction of sp³-hybridized carbons (Fsp3) is 0.667. The van der Waals surface area contributed by atoms with E-state index in [-0.39, 0.29) is 11.9 Å². The zero-order chi connectivity index (χ0) is 15.9. The summed E-state index contributed by atoms with van der Waals surface area (Å²) in [5, 5.41) is 6.71. The maximum Gasteiger partial charge on any atom is 0.222 e. The number of carbonyl (C=O) groups is 1. The Hall–Kier alpha value is -1.63. The van der Waals surface area contributed by atoms with Crippen LogP contribution < -0.4 is 10.6 Å². The van der Waals surface area contributed by atoms with Crippen LogP contribution in [0.5, 0.6) is 0 Å². The lowest BCUT2D eigenvalue weighted by atomic mass is 10.3. The van der Waals surface area contributed by atoms with Crippen LogP contribution in [0.25, 0.3) is 0 Å². The zero-order valence-electron chi connectivity index (χ0n) is 13.6. The van der Waals surface area contributed by atoms with Gasteiger partial charge in [-0.1, -0.05) is 6.92 Å². The normalized spacial score (nSPS) is 18.6. The Morgan fingerprint density at radius 1 is 1.55 bits per heavy atom. The first-order valence-corrected chi connectivity index (χ1v) is 8.73. The number of aliphatic imine (C=N–C) groups is 1. The molecule has 2 N–H and O–H groups in total. The molecule has 1 saturated heterocycles. The van der Waals surface area contributed by atoms with Crippen LogP contribution in [0.4, 0.5) is 0 Å². The Kier molecular flexibility index (Phi) is 6.18. The van der Waals surface area contributed by atoms with Crippen LogP contribution in [0.15, 0.2) is 10.5 Å². The highest BCUT2D eigenvalue weighted by Gasteiger charge is 2.25. The van der Waals surface area contributed by atoms with Crippen LogP contribution in [0.1, 0.15) is 37.3 Å². The van der Waals surface area contributed by atoms with E-state index in [0.29, 0.717) is 13.0 Å². The minimum Gasteiger partial charge on any atom is -0.357 e. The number of hydrogen-bond acceptors (Lipinski definition) is 4. The molecule has 6 nitrogen and oxygen atoms in total. The third kappa shape index (κ3) is 4.43. The van der Waals surface area contributed by atoms with E-state index < -0.39 is 0 Å². The van der Waals surface area contributed by atoms with E-state index in [1.165, 1.54) is 4.88 Å². The highest BCUT2D eigenvalue weighted by Crippen LogP contribution is 2.13. The lowest BCUT2D eigenvalue weighted by molar-refractivity contribution is -0.129. The van der Waals surface area contributed by atoms with Crippen molar-refractivity contribution in [3.8, 4) is 0 Å². The van der Waals surface area contributed by atoms with Gasteiger partial charge in [-0.2, -0.15) is 0 Å². The lowest BCUT2D eigenvalue weighted by Gasteiger charge is -2.18. The summed E-state index contributed by atoms with van der Waals surface area (Å²) in [6.45, 7) is 9.01. The molecular formula is C15H25N5OS. The quantitative estimate of drug-likeness (QED) is 0.637. The van der Waals surface area contributed by atoms with Crippen LogP contribution in [-0.2, 0) is 11.3 Å². The van der Waals surface area contributed by atoms with Gasteiger partial charge < -0.3 is 15.5 Å². The molecule has 1 amide bonds. The maximum absolute atomic E-state index is 11.7. The number of hydrogen-bond donors (Lipinski definition) is 2. The third-order valence-corrected chi connectivity index (χ3v) is 4.67. The molecule has 122 valence electrons. The molecule has 1 unspecified atom stereocenters. The minimum absolute atomic E-state index is 0.228. The number of amides is 1. The molecule has 1 atom stereocenters. The molecule has 1 fully saturated rings. The van der Waals surface area contributed by atoms with E-state index >= 15 is 0 Å². The Balaban J connectivity index is 1.92. The van der Waals surface area contributed by atoms with E-state index in [9.17, 15) is 4.79 Å². The molecule has 0 aliphatic carbocycles. The van der Waals surface area contributed by atoms with Gasteiger partial charge in [-0.05, 0) is 20.3 Å². The fourth-order valence-electron chi connectivity index (χ4n) is 2.47. The average molecular weight is 323 g/mol. The molecular weight excluding hydrogens is 298 g/mol. The summed E-state index contributed by atoms with van der Waals surface area (Å²) in [5.41, 5.74) is 2.90. The SMILES string of the molecule is CCNC(=NCc1scnc1C)NC1CCN(C(=O)CC)C1. The van der Waals surface area contributed by atoms with E-state index in [4.69, 9.17) is 0 Å². The molecule has 0 spiro atoms. The molecule has 1 aliphatic heterocycles. The van der Waals surface area contributed by atoms with Crippen molar-refractivity contribution in [2.75, 3.05) is 19.6 Å². The van der Waals surface area contributed by atoms with Crippen molar-refractivity contribution in [1.29, 1.82) is 0 Å². The van der Waals surface area contributed by atoms with Gasteiger partial charge in [0.25, 0.3) is 0 Å². The van der Waals surface area contributed by atoms with Crippen molar-refractivity contribution in [2.45, 2.75) is 46.2 Å². The Morgan fingerprint density at radius 3 is 3.00 bits per heavy atom. The van der Waals surface area contributed by atoms with Crippen molar-refractivity contribution in [1.82, 2.24) is 20.5 Å². The van der Waals surface area contributed by atoms with Crippen molar-refractivity contribution < 1.29 is 4.79 Å². The van der Waals surface area contributed by atoms with Gasteiger partial charge in [0, 0.05) is 37.0 Å². The Bertz CT molecular complexity index is 528. The number of rotatable bonds is 5. The van der Waals surface area contributed by atoms with E-state index in [1.54, 1.807) is 11.3 Å². The molecule has 7 heteroatoms. The molecule has 1 aliphatic rings. The van der Waals surface area contributed by atoms with E-state index in [1.807, 2.05) is 24.3 Å². The maximum atomic E-state index is 11.7. The van der Waals surface area contributed by atoms with Gasteiger partial charge in [0.1, 0.15) is 0 Å². The standard InChI is InChI=1S/C15H25N5OS/c1-4-14(21)20-7-6-12(9-20)19-15(16-5-2)17-8-13-11(3)18-10-22-13/h10,12H,4-9H2,1-3H3,(H2,16,17,19). The number of aromatic nitrogens is 1. The fourth-order valence-corrected chi connectivity index (χ4v) is 3.17. The van der Waals surface area contributed by atoms with E-state index in [0.717, 1.165) is 37.7 Å². The van der Waals surface area contributed by atoms with E-state index in [2.05, 4.69) is 27.5 Å². The van der Waals surface area contributed by atoms with Gasteiger partial charge in [0.15, 0.2) is 5.96 Å². The van der Waals surface area contributed by atoms with Crippen LogP contribution in [0, 0.1) is 6.92 Å². The van der Waals surface area contributed by atoms with Crippen LogP contribution in [0.3, 0.4) is 0 Å². The number of aryl methyl sites for hydroxylation is 1. The minimum atomic E-state index is 0.228. The number of nitrogens with one attached hydrogen (secondary N) is 2. The number of guanidine groups is 1. The first-order chi connectivity index (χ1) is 10.6. The predicted molar refractivity (Wildman–Crippen MR) is 90.1 cm³/mol. The number of thiazole rings is 1. The Morgan fingerprint density at radius 2 is 2.36 bits per heavy atom. The summed E-state index contributed by atoms with van der Waals surface area (Å²) < 4.78 is 0. The van der Waals surface area contributed by atoms with Crippen molar-refractivity contribution in [3.05, 3.63) is 16.1 Å². The summed E-state index contributed by atoms with van der Waals surface area (Å²) in [6, 6.07) is 0.274. The summed E-state index contributed by atoms with van der Waals surface area (Å²) in [5.74, 6) is 1.04. The van der Waals surface area contributed by atoms with Gasteiger partial charge >= 0.3 is 0 Å². The topological polar surface area (TPSA) is 69.6 Å². The number of likely N-dealkylation sites (tertiary alicyclic amines) is 1. The van der Waals surface area contributed by atoms with Gasteiger partial charge in [0.2, 0.25) is 5.91 Å². The Labute approximate surface area is 136 Å². The largest absolute Gasteiger partial charge is 0.357 e. The highest BCUT2D eigenvalue weighted by atomic mass is 32.1. The first kappa shape index (κ1) is 16.7. The molecule has 0 bridgehead atoms. The van der Waals surface area contributed by atoms with Crippen molar-refractivity contribution in [2.24, 2.45) is 4.99 Å². The molecule has 0 saturated carbocycles. The highest BCUT2D eigenvalue weighted by molar-refractivity contribution is 7.09. The second-order valence-electron chi connectivity index (χ2n) is 5.38. The summed E-state index contributed by atoms with van der Waals surface area (Å²) >= 11 is 1.63. The second kappa shape index (κ2) is 8.12. The molecule has 2 rings (SSSR count). The lowest BCUT2D eigenvalue weighted by Crippen LogP contribution is -2.45. The van der Waals surface area contributed by atoms with Crippen molar-refractivity contribution >= 4 is 23.2 Å².